The van der Waals surface area contributed by atoms with E-state index in [0.29, 0.717) is 0 Å². The fourth-order valence-corrected chi connectivity index (χ4v) is 3.34. The normalized spacial score (nSPS) is 11.1. The van der Waals surface area contributed by atoms with Gasteiger partial charge in [-0.1, -0.05) is 107 Å². The summed E-state index contributed by atoms with van der Waals surface area (Å²) in [5, 5.41) is 0. The Morgan fingerprint density at radius 2 is 1.50 bits per heavy atom. The van der Waals surface area contributed by atoms with Crippen LogP contribution in [-0.4, -0.2) is 11.5 Å². The van der Waals surface area contributed by atoms with Crippen molar-refractivity contribution in [3.8, 4) is 5.75 Å². The van der Waals surface area contributed by atoms with E-state index in [1.165, 1.54) is 44.1 Å². The topological polar surface area (TPSA) is 9.23 Å². The van der Waals surface area contributed by atoms with Crippen molar-refractivity contribution in [1.29, 1.82) is 0 Å². The number of hydrogen-bond donors (Lipinski definition) is 0. The van der Waals surface area contributed by atoms with Gasteiger partial charge in [-0.05, 0) is 47.7 Å². The predicted molar refractivity (Wildman–Crippen MR) is 126 cm³/mol. The van der Waals surface area contributed by atoms with E-state index in [0.717, 1.165) is 41.2 Å². The van der Waals surface area contributed by atoms with Gasteiger partial charge in [0.15, 0.2) is 0 Å². The summed E-state index contributed by atoms with van der Waals surface area (Å²) >= 11 is 5.55. The van der Waals surface area contributed by atoms with E-state index in [-0.39, 0.29) is 0 Å². The SMILES string of the molecule is CCCCCCCCOc1ccc(C=CC(=S)c2ccc(CCC)cc2)cc1. The lowest BCUT2D eigenvalue weighted by atomic mass is 10.1. The molecule has 0 saturated heterocycles. The van der Waals surface area contributed by atoms with Crippen LogP contribution in [-0.2, 0) is 6.42 Å². The maximum Gasteiger partial charge on any atom is 0.119 e. The van der Waals surface area contributed by atoms with E-state index in [9.17, 15) is 0 Å². The van der Waals surface area contributed by atoms with Crippen molar-refractivity contribution in [2.75, 3.05) is 6.61 Å². The van der Waals surface area contributed by atoms with E-state index in [2.05, 4.69) is 56.3 Å². The Morgan fingerprint density at radius 1 is 0.821 bits per heavy atom. The van der Waals surface area contributed by atoms with Gasteiger partial charge in [-0.25, -0.2) is 0 Å². The number of ether oxygens (including phenoxy) is 1. The minimum atomic E-state index is 0.805. The van der Waals surface area contributed by atoms with Crippen LogP contribution in [0, 0.1) is 0 Å². The first-order chi connectivity index (χ1) is 13.7. The van der Waals surface area contributed by atoms with Crippen LogP contribution in [0.2, 0.25) is 0 Å². The minimum absolute atomic E-state index is 0.805. The van der Waals surface area contributed by atoms with Crippen molar-refractivity contribution in [3.63, 3.8) is 0 Å². The van der Waals surface area contributed by atoms with E-state index in [1.54, 1.807) is 0 Å². The largest absolute Gasteiger partial charge is 0.494 e. The molecule has 0 amide bonds. The molecule has 0 aliphatic heterocycles. The Hall–Kier alpha value is -1.93. The van der Waals surface area contributed by atoms with E-state index >= 15 is 0 Å². The van der Waals surface area contributed by atoms with Gasteiger partial charge in [0.25, 0.3) is 0 Å². The predicted octanol–water partition coefficient (Wildman–Crippen LogP) is 7.81. The zero-order valence-electron chi connectivity index (χ0n) is 17.5. The first-order valence-electron chi connectivity index (χ1n) is 10.8. The Labute approximate surface area is 176 Å². The van der Waals surface area contributed by atoms with Gasteiger partial charge in [-0.3, -0.25) is 0 Å². The van der Waals surface area contributed by atoms with Crippen molar-refractivity contribution in [2.24, 2.45) is 0 Å². The van der Waals surface area contributed by atoms with Gasteiger partial charge in [0, 0.05) is 4.86 Å². The molecule has 2 rings (SSSR count). The summed E-state index contributed by atoms with van der Waals surface area (Å²) < 4.78 is 5.84. The number of unbranched alkanes of at least 4 members (excludes halogenated alkanes) is 5. The van der Waals surface area contributed by atoms with Crippen LogP contribution in [0.4, 0.5) is 0 Å². The zero-order chi connectivity index (χ0) is 20.0. The van der Waals surface area contributed by atoms with Crippen LogP contribution in [0.15, 0.2) is 54.6 Å². The highest BCUT2D eigenvalue weighted by atomic mass is 32.1. The Bertz CT molecular complexity index is 713. The summed E-state index contributed by atoms with van der Waals surface area (Å²) in [5.74, 6) is 0.944. The first kappa shape index (κ1) is 22.4. The Morgan fingerprint density at radius 3 is 2.18 bits per heavy atom. The molecule has 0 spiro atoms. The Kier molecular flexibility index (Phi) is 10.6. The van der Waals surface area contributed by atoms with Crippen LogP contribution in [0.1, 0.15) is 75.5 Å². The maximum atomic E-state index is 5.84. The second-order valence-electron chi connectivity index (χ2n) is 7.33. The van der Waals surface area contributed by atoms with Crippen molar-refractivity contribution in [2.45, 2.75) is 65.2 Å². The van der Waals surface area contributed by atoms with Crippen molar-refractivity contribution in [1.82, 2.24) is 0 Å². The second-order valence-corrected chi connectivity index (χ2v) is 7.77. The highest BCUT2D eigenvalue weighted by Crippen LogP contribution is 2.15. The minimum Gasteiger partial charge on any atom is -0.494 e. The molecule has 0 aromatic heterocycles. The molecule has 1 nitrogen and oxygen atoms in total. The summed E-state index contributed by atoms with van der Waals surface area (Å²) in [5.41, 5.74) is 3.61. The molecule has 2 heteroatoms. The maximum absolute atomic E-state index is 5.84. The van der Waals surface area contributed by atoms with Crippen LogP contribution in [0.5, 0.6) is 5.75 Å². The molecule has 150 valence electrons. The molecular formula is C26H34OS. The van der Waals surface area contributed by atoms with Gasteiger partial charge in [-0.15, -0.1) is 0 Å². The summed E-state index contributed by atoms with van der Waals surface area (Å²) in [7, 11) is 0. The summed E-state index contributed by atoms with van der Waals surface area (Å²) in [6.45, 7) is 5.26. The first-order valence-corrected chi connectivity index (χ1v) is 11.2. The fourth-order valence-electron chi connectivity index (χ4n) is 3.14. The molecular weight excluding hydrogens is 360 g/mol. The van der Waals surface area contributed by atoms with Crippen LogP contribution >= 0.6 is 12.2 Å². The molecule has 0 aliphatic carbocycles. The molecule has 0 bridgehead atoms. The quantitative estimate of drug-likeness (QED) is 0.148. The summed E-state index contributed by atoms with van der Waals surface area (Å²) in [6, 6.07) is 16.8. The standard InChI is InChI=1S/C26H34OS/c1-3-5-6-7-8-9-21-27-25-18-13-23(14-19-25)15-20-26(28)24-16-11-22(10-4-2)12-17-24/h11-20H,3-10,21H2,1-2H3. The third kappa shape index (κ3) is 8.39. The van der Waals surface area contributed by atoms with Crippen molar-refractivity contribution < 1.29 is 4.74 Å². The van der Waals surface area contributed by atoms with E-state index < -0.39 is 0 Å². The number of benzene rings is 2. The lowest BCUT2D eigenvalue weighted by molar-refractivity contribution is 0.304. The van der Waals surface area contributed by atoms with Gasteiger partial charge in [-0.2, -0.15) is 0 Å². The number of hydrogen-bond acceptors (Lipinski definition) is 2. The third-order valence-corrected chi connectivity index (χ3v) is 5.22. The summed E-state index contributed by atoms with van der Waals surface area (Å²) in [4.78, 5) is 0.867. The Balaban J connectivity index is 1.75. The highest BCUT2D eigenvalue weighted by Gasteiger charge is 1.99. The highest BCUT2D eigenvalue weighted by molar-refractivity contribution is 7.81. The average molecular weight is 395 g/mol. The van der Waals surface area contributed by atoms with Gasteiger partial charge in [0.2, 0.25) is 0 Å². The number of thiocarbonyl (C=S) groups is 1. The van der Waals surface area contributed by atoms with E-state index in [4.69, 9.17) is 17.0 Å². The smallest absolute Gasteiger partial charge is 0.119 e. The van der Waals surface area contributed by atoms with Gasteiger partial charge in [0.1, 0.15) is 5.75 Å². The lowest BCUT2D eigenvalue weighted by Crippen LogP contribution is -1.97. The molecule has 0 atom stereocenters. The van der Waals surface area contributed by atoms with Gasteiger partial charge >= 0.3 is 0 Å². The van der Waals surface area contributed by atoms with Crippen molar-refractivity contribution >= 4 is 23.2 Å². The van der Waals surface area contributed by atoms with Gasteiger partial charge < -0.3 is 4.74 Å². The number of rotatable bonds is 13. The molecule has 0 N–H and O–H groups in total. The molecule has 28 heavy (non-hydrogen) atoms. The third-order valence-electron chi connectivity index (χ3n) is 4.85. The molecule has 0 unspecified atom stereocenters. The molecule has 0 heterocycles. The fraction of sp³-hybridized carbons (Fsp3) is 0.423. The monoisotopic (exact) mass is 394 g/mol. The molecule has 2 aromatic rings. The van der Waals surface area contributed by atoms with Gasteiger partial charge in [0.05, 0.1) is 6.61 Å². The molecule has 0 fully saturated rings. The molecule has 2 aromatic carbocycles. The number of aryl methyl sites for hydroxylation is 1. The van der Waals surface area contributed by atoms with E-state index in [1.807, 2.05) is 18.2 Å². The number of allylic oxidation sites excluding steroid dienone is 1. The summed E-state index contributed by atoms with van der Waals surface area (Å²) in [6.07, 6.45) is 14.1. The van der Waals surface area contributed by atoms with Crippen molar-refractivity contribution in [3.05, 3.63) is 71.3 Å². The molecule has 0 radical (unpaired) electrons. The van der Waals surface area contributed by atoms with Crippen LogP contribution < -0.4 is 4.74 Å². The zero-order valence-corrected chi connectivity index (χ0v) is 18.3. The lowest BCUT2D eigenvalue weighted by Gasteiger charge is -2.06. The second kappa shape index (κ2) is 13.3. The van der Waals surface area contributed by atoms with Crippen LogP contribution in [0.25, 0.3) is 6.08 Å². The van der Waals surface area contributed by atoms with Crippen LogP contribution in [0.3, 0.4) is 0 Å². The molecule has 0 saturated carbocycles. The molecule has 0 aliphatic rings. The average Bonchev–Trinajstić information content (AvgIpc) is 2.73.